The monoisotopic (exact) mass is 441 g/mol. The number of aromatic amines is 1. The maximum Gasteiger partial charge on any atom is 0.329 e. The van der Waals surface area contributed by atoms with Crippen LogP contribution >= 0.6 is 11.8 Å². The highest BCUT2D eigenvalue weighted by Gasteiger charge is 2.14. The second kappa shape index (κ2) is 16.2. The smallest absolute Gasteiger partial charge is 0.329 e. The van der Waals surface area contributed by atoms with E-state index in [2.05, 4.69) is 92.3 Å². The highest BCUT2D eigenvalue weighted by atomic mass is 32.2. The number of carbonyl (C=O) groups is 1. The van der Waals surface area contributed by atoms with E-state index in [0.717, 1.165) is 11.8 Å². The second-order valence-electron chi connectivity index (χ2n) is 5.22. The average Bonchev–Trinajstić information content (AvgIpc) is 2.74. The number of ether oxygens (including phenoxy) is 1. The summed E-state index contributed by atoms with van der Waals surface area (Å²) in [5.74, 6) is 30.9. The largest absolute Gasteiger partial charge is 0.480 e. The Kier molecular flexibility index (Phi) is 12.9. The van der Waals surface area contributed by atoms with Crippen molar-refractivity contribution in [1.29, 1.82) is 0 Å². The summed E-state index contributed by atoms with van der Waals surface area (Å²) in [6.45, 7) is 2.08. The standard InChI is InChI=1S/C24H15N3O4S/c1-3-4-5-6-7-8-9-10-11-12-13-14-15-21(23(29)30)32-17-16-31-19-25-24-26-20(2)18-22(28)27-24/h1,18,21H,16-17,19H2,2H3,(H,29,30)(H2,25,26,27,28). The molecule has 1 aromatic rings. The molecule has 0 fully saturated rings. The summed E-state index contributed by atoms with van der Waals surface area (Å²) >= 11 is 1.10. The van der Waals surface area contributed by atoms with E-state index in [1.807, 2.05) is 0 Å². The summed E-state index contributed by atoms with van der Waals surface area (Å²) in [5, 5.41) is 11.1. The molecular weight excluding hydrogens is 426 g/mol. The Bertz CT molecular complexity index is 1300. The molecule has 0 saturated heterocycles. The van der Waals surface area contributed by atoms with E-state index in [9.17, 15) is 14.7 Å². The number of hydrogen-bond donors (Lipinski definition) is 3. The Morgan fingerprint density at radius 2 is 1.75 bits per heavy atom. The molecule has 1 atom stereocenters. The minimum Gasteiger partial charge on any atom is -0.480 e. The third-order valence-electron chi connectivity index (χ3n) is 2.85. The fourth-order valence-electron chi connectivity index (χ4n) is 1.67. The van der Waals surface area contributed by atoms with Crippen LogP contribution in [0.1, 0.15) is 5.69 Å². The molecule has 7 nitrogen and oxygen atoms in total. The number of rotatable bonds is 8. The van der Waals surface area contributed by atoms with Crippen molar-refractivity contribution in [3.63, 3.8) is 0 Å². The molecule has 0 aliphatic heterocycles. The van der Waals surface area contributed by atoms with E-state index in [1.54, 1.807) is 6.92 Å². The molecule has 0 aliphatic rings. The molecule has 0 spiro atoms. The van der Waals surface area contributed by atoms with Gasteiger partial charge < -0.3 is 15.2 Å². The Hall–Kier alpha value is -4.62. The Morgan fingerprint density at radius 1 is 1.16 bits per heavy atom. The van der Waals surface area contributed by atoms with Crippen molar-refractivity contribution in [3.8, 4) is 83.4 Å². The molecular formula is C24H15N3O4S. The number of aliphatic carboxylic acids is 1. The van der Waals surface area contributed by atoms with Crippen molar-refractivity contribution in [2.45, 2.75) is 12.2 Å². The Balaban J connectivity index is 2.38. The summed E-state index contributed by atoms with van der Waals surface area (Å²) in [6.07, 6.45) is 4.92. The zero-order chi connectivity index (χ0) is 23.4. The van der Waals surface area contributed by atoms with Crippen LogP contribution in [0.5, 0.6) is 0 Å². The van der Waals surface area contributed by atoms with Gasteiger partial charge in [0.15, 0.2) is 5.25 Å². The summed E-state index contributed by atoms with van der Waals surface area (Å²) in [4.78, 5) is 29.2. The molecule has 0 aliphatic carbocycles. The van der Waals surface area contributed by atoms with Crippen LogP contribution in [-0.2, 0) is 9.53 Å². The lowest BCUT2D eigenvalue weighted by Crippen LogP contribution is -2.18. The number of hydrogen-bond acceptors (Lipinski definition) is 6. The molecule has 1 unspecified atom stereocenters. The van der Waals surface area contributed by atoms with Crippen LogP contribution in [0.3, 0.4) is 0 Å². The maximum absolute atomic E-state index is 11.3. The van der Waals surface area contributed by atoms with Crippen LogP contribution in [-0.4, -0.2) is 45.4 Å². The lowest BCUT2D eigenvalue weighted by atomic mass is 10.4. The first kappa shape index (κ1) is 25.4. The molecule has 0 aromatic carbocycles. The molecule has 3 N–H and O–H groups in total. The van der Waals surface area contributed by atoms with E-state index in [-0.39, 0.29) is 18.9 Å². The minimum absolute atomic E-state index is 0.104. The normalized spacial score (nSPS) is 8.75. The van der Waals surface area contributed by atoms with Gasteiger partial charge in [-0.25, -0.2) is 9.78 Å². The van der Waals surface area contributed by atoms with Gasteiger partial charge in [0, 0.05) is 17.5 Å². The number of anilines is 1. The number of carboxylic acids is 1. The topological polar surface area (TPSA) is 104 Å². The van der Waals surface area contributed by atoms with Crippen LogP contribution in [0.25, 0.3) is 0 Å². The van der Waals surface area contributed by atoms with Crippen LogP contribution in [0.2, 0.25) is 0 Å². The van der Waals surface area contributed by atoms with Gasteiger partial charge in [0.2, 0.25) is 5.95 Å². The van der Waals surface area contributed by atoms with Crippen molar-refractivity contribution >= 4 is 23.7 Å². The molecule has 0 amide bonds. The summed E-state index contributed by atoms with van der Waals surface area (Å²) in [6, 6.07) is 1.37. The van der Waals surface area contributed by atoms with E-state index in [1.165, 1.54) is 6.07 Å². The number of thioether (sulfide) groups is 1. The zero-order valence-corrected chi connectivity index (χ0v) is 17.7. The molecule has 8 heteroatoms. The van der Waals surface area contributed by atoms with Gasteiger partial charge in [-0.2, -0.15) is 0 Å². The number of H-pyrrole nitrogens is 1. The van der Waals surface area contributed by atoms with Gasteiger partial charge in [0.25, 0.3) is 5.56 Å². The quantitative estimate of drug-likeness (QED) is 0.303. The Labute approximate surface area is 190 Å². The number of nitrogens with zero attached hydrogens (tertiary/aromatic N) is 1. The zero-order valence-electron chi connectivity index (χ0n) is 16.9. The van der Waals surface area contributed by atoms with Crippen LogP contribution < -0.4 is 10.9 Å². The second-order valence-corrected chi connectivity index (χ2v) is 6.43. The lowest BCUT2D eigenvalue weighted by Gasteiger charge is -2.08. The third-order valence-corrected chi connectivity index (χ3v) is 3.90. The lowest BCUT2D eigenvalue weighted by molar-refractivity contribution is -0.135. The third kappa shape index (κ3) is 12.8. The Morgan fingerprint density at radius 3 is 2.31 bits per heavy atom. The number of carboxylic acid groups (broad SMARTS) is 1. The van der Waals surface area contributed by atoms with Gasteiger partial charge >= 0.3 is 5.97 Å². The molecule has 0 bridgehead atoms. The van der Waals surface area contributed by atoms with E-state index in [0.29, 0.717) is 17.4 Å². The molecule has 1 heterocycles. The van der Waals surface area contributed by atoms with Gasteiger partial charge in [0.1, 0.15) is 6.73 Å². The van der Waals surface area contributed by atoms with Crippen molar-refractivity contribution in [2.75, 3.05) is 24.4 Å². The molecule has 0 radical (unpaired) electrons. The molecule has 32 heavy (non-hydrogen) atoms. The highest BCUT2D eigenvalue weighted by molar-refractivity contribution is 8.00. The van der Waals surface area contributed by atoms with Gasteiger partial charge in [-0.3, -0.25) is 9.78 Å². The first-order valence-electron chi connectivity index (χ1n) is 8.73. The minimum atomic E-state index is -1.08. The van der Waals surface area contributed by atoms with E-state index >= 15 is 0 Å². The number of terminal acetylenes is 1. The summed E-state index contributed by atoms with van der Waals surface area (Å²) < 4.78 is 5.34. The van der Waals surface area contributed by atoms with Crippen molar-refractivity contribution in [3.05, 3.63) is 22.1 Å². The SMILES string of the molecule is C#CC#CC#CC#CC#CC#CC#CC(SCCOCNc1nc(C)cc(=O)[nH]1)C(=O)O. The fourth-order valence-corrected chi connectivity index (χ4v) is 2.41. The van der Waals surface area contributed by atoms with Crippen molar-refractivity contribution in [2.24, 2.45) is 0 Å². The number of aryl methyl sites for hydroxylation is 1. The first-order valence-corrected chi connectivity index (χ1v) is 9.78. The average molecular weight is 441 g/mol. The van der Waals surface area contributed by atoms with E-state index < -0.39 is 11.2 Å². The molecule has 0 saturated carbocycles. The highest BCUT2D eigenvalue weighted by Crippen LogP contribution is 2.10. The predicted octanol–water partition coefficient (Wildman–Crippen LogP) is 0.304. The maximum atomic E-state index is 11.3. The molecule has 156 valence electrons. The fraction of sp³-hybridized carbons (Fsp3) is 0.208. The van der Waals surface area contributed by atoms with E-state index in [4.69, 9.17) is 11.2 Å². The summed E-state index contributed by atoms with van der Waals surface area (Å²) in [7, 11) is 0. The van der Waals surface area contributed by atoms with Crippen molar-refractivity contribution < 1.29 is 14.6 Å². The van der Waals surface area contributed by atoms with Crippen LogP contribution in [0.15, 0.2) is 10.9 Å². The predicted molar refractivity (Wildman–Crippen MR) is 123 cm³/mol. The van der Waals surface area contributed by atoms with Crippen LogP contribution in [0, 0.1) is 90.3 Å². The molecule has 1 rings (SSSR count). The van der Waals surface area contributed by atoms with Gasteiger partial charge in [0.05, 0.1) is 6.61 Å². The van der Waals surface area contributed by atoms with Gasteiger partial charge in [-0.15, -0.1) is 18.2 Å². The summed E-state index contributed by atoms with van der Waals surface area (Å²) in [5.41, 5.74) is 0.311. The van der Waals surface area contributed by atoms with Crippen LogP contribution in [0.4, 0.5) is 5.95 Å². The number of nitrogens with one attached hydrogen (secondary N) is 2. The number of aromatic nitrogens is 2. The van der Waals surface area contributed by atoms with Gasteiger partial charge in [-0.05, 0) is 78.0 Å². The first-order chi connectivity index (χ1) is 15.5. The molecule has 1 aromatic heterocycles. The van der Waals surface area contributed by atoms with Gasteiger partial charge in [-0.1, -0.05) is 5.92 Å². The van der Waals surface area contributed by atoms with Crippen molar-refractivity contribution in [1.82, 2.24) is 9.97 Å².